The van der Waals surface area contributed by atoms with Gasteiger partial charge in [0.15, 0.2) is 5.78 Å². The first kappa shape index (κ1) is 17.7. The molecule has 126 valence electrons. The van der Waals surface area contributed by atoms with E-state index >= 15 is 0 Å². The molecule has 0 aromatic heterocycles. The second kappa shape index (κ2) is 6.46. The lowest BCUT2D eigenvalue weighted by Crippen LogP contribution is -2.45. The average Bonchev–Trinajstić information content (AvgIpc) is 2.50. The lowest BCUT2D eigenvalue weighted by molar-refractivity contribution is -0.151. The van der Waals surface area contributed by atoms with Crippen molar-refractivity contribution in [2.75, 3.05) is 0 Å². The molecule has 0 spiro atoms. The molecule has 0 N–H and O–H groups in total. The first-order chi connectivity index (χ1) is 10.7. The van der Waals surface area contributed by atoms with Gasteiger partial charge in [-0.15, -0.1) is 0 Å². The van der Waals surface area contributed by atoms with Gasteiger partial charge in [0.05, 0.1) is 0 Å². The molecule has 0 radical (unpaired) electrons. The van der Waals surface area contributed by atoms with Crippen molar-refractivity contribution in [3.05, 3.63) is 34.4 Å². The molecule has 0 bridgehead atoms. The summed E-state index contributed by atoms with van der Waals surface area (Å²) in [6.07, 6.45) is 5.89. The summed E-state index contributed by atoms with van der Waals surface area (Å²) in [5.74, 6) is 0.123. The molecule has 0 saturated heterocycles. The van der Waals surface area contributed by atoms with E-state index in [0.717, 1.165) is 30.4 Å². The van der Waals surface area contributed by atoms with E-state index in [0.29, 0.717) is 5.57 Å². The summed E-state index contributed by atoms with van der Waals surface area (Å²) in [5.41, 5.74) is 3.76. The van der Waals surface area contributed by atoms with Crippen molar-refractivity contribution in [3.63, 3.8) is 0 Å². The fraction of sp³-hybridized carbons (Fsp3) is 0.600. The Balaban J connectivity index is 2.29. The molecular weight excluding hydrogens is 288 g/mol. The fourth-order valence-electron chi connectivity index (χ4n) is 3.68. The number of esters is 1. The number of ketones is 1. The van der Waals surface area contributed by atoms with Crippen LogP contribution in [0.2, 0.25) is 0 Å². The van der Waals surface area contributed by atoms with Gasteiger partial charge in [-0.2, -0.15) is 0 Å². The minimum Gasteiger partial charge on any atom is -0.459 e. The van der Waals surface area contributed by atoms with Crippen LogP contribution in [0.4, 0.5) is 0 Å². The number of carbonyl (C=O) groups excluding carboxylic acids is 2. The summed E-state index contributed by atoms with van der Waals surface area (Å²) < 4.78 is 5.76. The summed E-state index contributed by atoms with van der Waals surface area (Å²) in [7, 11) is 0. The molecule has 0 heterocycles. The number of rotatable bonds is 2. The molecule has 1 saturated carbocycles. The van der Waals surface area contributed by atoms with Gasteiger partial charge in [-0.05, 0) is 64.0 Å². The molecule has 1 fully saturated rings. The molecule has 0 amide bonds. The monoisotopic (exact) mass is 316 g/mol. The fourth-order valence-corrected chi connectivity index (χ4v) is 3.68. The number of hydrogen-bond donors (Lipinski definition) is 0. The highest BCUT2D eigenvalue weighted by Gasteiger charge is 2.47. The highest BCUT2D eigenvalue weighted by Crippen LogP contribution is 2.52. The highest BCUT2D eigenvalue weighted by atomic mass is 16.5. The van der Waals surface area contributed by atoms with Crippen molar-refractivity contribution in [1.82, 2.24) is 0 Å². The lowest BCUT2D eigenvalue weighted by atomic mass is 9.58. The molecule has 0 aromatic carbocycles. The van der Waals surface area contributed by atoms with E-state index in [9.17, 15) is 9.59 Å². The Morgan fingerprint density at radius 2 is 2.00 bits per heavy atom. The van der Waals surface area contributed by atoms with Gasteiger partial charge in [0.2, 0.25) is 0 Å². The summed E-state index contributed by atoms with van der Waals surface area (Å²) in [6, 6.07) is 0. The van der Waals surface area contributed by atoms with E-state index in [1.165, 1.54) is 5.57 Å². The number of ether oxygens (including phenoxy) is 1. The Morgan fingerprint density at radius 1 is 1.35 bits per heavy atom. The van der Waals surface area contributed by atoms with Gasteiger partial charge in [0, 0.05) is 11.5 Å². The highest BCUT2D eigenvalue weighted by molar-refractivity contribution is 6.06. The van der Waals surface area contributed by atoms with Crippen LogP contribution in [0, 0.1) is 11.3 Å². The molecular formula is C20H28O3. The van der Waals surface area contributed by atoms with Gasteiger partial charge in [0.25, 0.3) is 0 Å². The van der Waals surface area contributed by atoms with Crippen molar-refractivity contribution in [3.8, 4) is 0 Å². The zero-order valence-corrected chi connectivity index (χ0v) is 15.2. The Kier molecular flexibility index (Phi) is 4.98. The van der Waals surface area contributed by atoms with Crippen LogP contribution >= 0.6 is 0 Å². The van der Waals surface area contributed by atoms with E-state index in [1.807, 2.05) is 26.8 Å². The minimum atomic E-state index is -0.227. The van der Waals surface area contributed by atoms with Crippen LogP contribution in [0.1, 0.15) is 60.8 Å². The molecule has 0 unspecified atom stereocenters. The Bertz CT molecular complexity index is 617. The molecule has 3 atom stereocenters. The molecule has 2 aliphatic rings. The third-order valence-corrected chi connectivity index (χ3v) is 5.76. The first-order valence-electron chi connectivity index (χ1n) is 8.46. The third-order valence-electron chi connectivity index (χ3n) is 5.76. The molecule has 3 nitrogen and oxygen atoms in total. The molecule has 23 heavy (non-hydrogen) atoms. The number of fused-ring (bicyclic) bond motifs is 1. The summed E-state index contributed by atoms with van der Waals surface area (Å²) >= 11 is 0. The standard InChI is InChI=1S/C20H28O3/c1-7-13(4)19(22)23-18-9-8-15-10-17(21)16(12(2)3)11-20(15,6)14(18)5/h7,10,14,18H,8-9,11H2,1-6H3/t14-,18+,20+/m0/s1. The zero-order chi connectivity index (χ0) is 17.4. The van der Waals surface area contributed by atoms with E-state index < -0.39 is 0 Å². The largest absolute Gasteiger partial charge is 0.459 e. The number of allylic oxidation sites excluding steroid dienone is 5. The molecule has 2 rings (SSSR count). The molecule has 2 aliphatic carbocycles. The maximum absolute atomic E-state index is 12.3. The van der Waals surface area contributed by atoms with Crippen molar-refractivity contribution in [2.45, 2.75) is 66.9 Å². The number of carbonyl (C=O) groups is 2. The van der Waals surface area contributed by atoms with Crippen LogP contribution in [0.5, 0.6) is 0 Å². The zero-order valence-electron chi connectivity index (χ0n) is 15.2. The second-order valence-electron chi connectivity index (χ2n) is 7.35. The second-order valence-corrected chi connectivity index (χ2v) is 7.35. The van der Waals surface area contributed by atoms with Crippen molar-refractivity contribution < 1.29 is 14.3 Å². The van der Waals surface area contributed by atoms with Crippen LogP contribution in [0.15, 0.2) is 34.4 Å². The van der Waals surface area contributed by atoms with Gasteiger partial charge in [-0.3, -0.25) is 4.79 Å². The Morgan fingerprint density at radius 3 is 2.57 bits per heavy atom. The van der Waals surface area contributed by atoms with Gasteiger partial charge in [0.1, 0.15) is 6.10 Å². The van der Waals surface area contributed by atoms with Gasteiger partial charge in [-0.25, -0.2) is 4.79 Å². The van der Waals surface area contributed by atoms with E-state index in [2.05, 4.69) is 13.8 Å². The summed E-state index contributed by atoms with van der Waals surface area (Å²) in [4.78, 5) is 24.4. The maximum Gasteiger partial charge on any atom is 0.333 e. The van der Waals surface area contributed by atoms with E-state index in [4.69, 9.17) is 4.74 Å². The van der Waals surface area contributed by atoms with Crippen molar-refractivity contribution >= 4 is 11.8 Å². The molecule has 0 aliphatic heterocycles. The first-order valence-corrected chi connectivity index (χ1v) is 8.46. The smallest absolute Gasteiger partial charge is 0.333 e. The average molecular weight is 316 g/mol. The van der Waals surface area contributed by atoms with E-state index in [-0.39, 0.29) is 29.2 Å². The van der Waals surface area contributed by atoms with Crippen LogP contribution in [-0.2, 0) is 14.3 Å². The normalized spacial score (nSPS) is 31.4. The minimum absolute atomic E-state index is 0.0915. The third kappa shape index (κ3) is 3.19. The lowest BCUT2D eigenvalue weighted by Gasteiger charge is -2.48. The van der Waals surface area contributed by atoms with Crippen molar-refractivity contribution in [2.24, 2.45) is 11.3 Å². The maximum atomic E-state index is 12.3. The van der Waals surface area contributed by atoms with Gasteiger partial charge in [-0.1, -0.05) is 31.1 Å². The van der Waals surface area contributed by atoms with Gasteiger partial charge >= 0.3 is 5.97 Å². The van der Waals surface area contributed by atoms with Crippen molar-refractivity contribution in [1.29, 1.82) is 0 Å². The van der Waals surface area contributed by atoms with Gasteiger partial charge < -0.3 is 4.74 Å². The predicted molar refractivity (Wildman–Crippen MR) is 91.9 cm³/mol. The van der Waals surface area contributed by atoms with Crippen LogP contribution in [-0.4, -0.2) is 17.9 Å². The predicted octanol–water partition coefficient (Wildman–Crippen LogP) is 4.54. The summed E-state index contributed by atoms with van der Waals surface area (Å²) in [6.45, 7) is 12.0. The Hall–Kier alpha value is -1.64. The molecule has 0 aromatic rings. The van der Waals surface area contributed by atoms with Crippen LogP contribution in [0.3, 0.4) is 0 Å². The SMILES string of the molecule is CC=C(C)C(=O)O[C@@H]1CCC2=CC(=O)C(=C(C)C)C[C@]2(C)[C@H]1C. The topological polar surface area (TPSA) is 43.4 Å². The number of hydrogen-bond acceptors (Lipinski definition) is 3. The van der Waals surface area contributed by atoms with E-state index in [1.54, 1.807) is 13.0 Å². The Labute approximate surface area is 139 Å². The summed E-state index contributed by atoms with van der Waals surface area (Å²) in [5, 5.41) is 0. The quantitative estimate of drug-likeness (QED) is 0.555. The van der Waals surface area contributed by atoms with Crippen LogP contribution in [0.25, 0.3) is 0 Å². The molecule has 3 heteroatoms. The van der Waals surface area contributed by atoms with Crippen LogP contribution < -0.4 is 0 Å².